The fraction of sp³-hybridized carbons (Fsp3) is 0.613. The molecule has 2 saturated heterocycles. The van der Waals surface area contributed by atoms with Crippen molar-refractivity contribution >= 4 is 95.6 Å². The van der Waals surface area contributed by atoms with E-state index in [0.29, 0.717) is 36.5 Å². The number of thioether (sulfide) groups is 2. The zero-order valence-corrected chi connectivity index (χ0v) is 60.4. The van der Waals surface area contributed by atoms with Crippen LogP contribution in [0.3, 0.4) is 0 Å². The topological polar surface area (TPSA) is 538 Å². The van der Waals surface area contributed by atoms with Crippen molar-refractivity contribution in [2.75, 3.05) is 131 Å². The van der Waals surface area contributed by atoms with E-state index in [1.54, 1.807) is 11.0 Å². The predicted molar refractivity (Wildman–Crippen MR) is 372 cm³/mol. The Labute approximate surface area is 592 Å². The Morgan fingerprint density at radius 1 is 0.660 bits per heavy atom. The lowest BCUT2D eigenvalue weighted by atomic mass is 10.1. The molecule has 0 bridgehead atoms. The van der Waals surface area contributed by atoms with Crippen LogP contribution in [0.25, 0.3) is 0 Å². The number of aliphatic hydroxyl groups is 1. The number of hydrogen-bond acceptors (Lipinski definition) is 29. The van der Waals surface area contributed by atoms with Crippen molar-refractivity contribution in [1.29, 1.82) is 0 Å². The van der Waals surface area contributed by atoms with Crippen LogP contribution < -0.4 is 74.8 Å². The number of alkyl carbamates (subject to hydrolysis) is 1. The van der Waals surface area contributed by atoms with Crippen LogP contribution in [0.4, 0.5) is 9.59 Å². The molecule has 2 aliphatic rings. The molecule has 2 aromatic carbocycles. The second-order valence-electron chi connectivity index (χ2n) is 20.9. The number of nitrogens with two attached hydrogens (primary N) is 5. The number of likely N-dealkylation sites (N-methyl/N-ethyl adjacent to an activating group) is 4. The van der Waals surface area contributed by atoms with Crippen molar-refractivity contribution in [1.82, 2.24) is 56.4 Å². The molecule has 4 unspecified atom stereocenters. The molecule has 2 heterocycles. The number of imide groups is 2. The lowest BCUT2D eigenvalue weighted by molar-refractivity contribution is -0.192. The number of carbonyl (C=O) groups is 11. The highest BCUT2D eigenvalue weighted by Gasteiger charge is 2.40. The number of nitrogens with one attached hydrogen (secondary N) is 6. The maximum atomic E-state index is 13.0. The molecule has 0 aromatic heterocycles. The highest BCUT2D eigenvalue weighted by atomic mass is 32.2. The predicted octanol–water partition coefficient (Wildman–Crippen LogP) is -1.53. The van der Waals surface area contributed by atoms with Crippen LogP contribution in [0.2, 0.25) is 0 Å². The molecule has 0 spiro atoms. The van der Waals surface area contributed by atoms with Crippen molar-refractivity contribution in [2.24, 2.45) is 28.7 Å². The first-order valence-corrected chi connectivity index (χ1v) is 34.2. The average molecular weight is 1460 g/mol. The Morgan fingerprint density at radius 2 is 1.11 bits per heavy atom. The van der Waals surface area contributed by atoms with Gasteiger partial charge in [0.1, 0.15) is 18.7 Å². The molecule has 38 heteroatoms. The third kappa shape index (κ3) is 39.5. The number of likely N-dealkylation sites (tertiary alicyclic amines) is 2. The number of amides is 10. The van der Waals surface area contributed by atoms with Crippen molar-refractivity contribution in [3.63, 3.8) is 0 Å². The molecule has 0 aliphatic carbocycles. The standard InChI is InChI=1S/C31H50N8O9S.C20H27N3O7S.C8H20N2.CH7N3.CH2O2.CO2/c1-6-37(7-2)14-15-38(8-3)31(45)48-21-10-9-20(17-22(21)46-5)23(47-30(44)36-29(32)33)19-35-26(41)12-16-49-24-18-27(42)39(28(24)43)13-11-25(40)34-4;1-21-17(26)5-7-23-19(28)10-16(20(23)29)31-8-6-18(27)22-11-14(25)12-3-4-13(24)15(9-12)30-2;1-4-9-7-8-10(5-2)6-3;2-1(3)4;2*2-1-3/h9-10,17,23-24,29H,6-8,11-16,18-19,32-33H2,1-5H3,(H,34,40)(H,35,41)(H,36,44);3-4,9,14,16,24-25H,5-8,10-11H2,1-2H3,(H,21,26)(H,22,27);9H,4-8H2,1-3H3;1H,2-4H2;1H,(H,2,3);. The Morgan fingerprint density at radius 3 is 1.54 bits per heavy atom. The fourth-order valence-corrected chi connectivity index (χ4v) is 10.9. The van der Waals surface area contributed by atoms with Crippen LogP contribution in [0.15, 0.2) is 36.4 Å². The number of carbonyl (C=O) groups excluding carboxylic acids is 12. The largest absolute Gasteiger partial charge is 0.504 e. The molecule has 2 aromatic rings. The molecule has 4 rings (SSSR count). The molecule has 0 saturated carbocycles. The number of phenolic OH excluding ortho intramolecular Hbond substituents is 1. The summed E-state index contributed by atoms with van der Waals surface area (Å²) in [5, 5.41) is 41.2. The molecule has 36 nitrogen and oxygen atoms in total. The number of carboxylic acid groups (broad SMARTS) is 1. The lowest BCUT2D eigenvalue weighted by Gasteiger charge is -2.25. The van der Waals surface area contributed by atoms with E-state index in [2.05, 4.69) is 93.5 Å². The number of nitrogens with zero attached hydrogens (tertiary/aromatic N) is 5. The van der Waals surface area contributed by atoms with Crippen LogP contribution in [-0.2, 0) is 57.5 Å². The first-order valence-electron chi connectivity index (χ1n) is 32.1. The highest BCUT2D eigenvalue weighted by Crippen LogP contribution is 2.33. The van der Waals surface area contributed by atoms with E-state index >= 15 is 0 Å². The van der Waals surface area contributed by atoms with Crippen LogP contribution in [0.5, 0.6) is 23.0 Å². The maximum Gasteiger partial charge on any atom is 0.415 e. The lowest BCUT2D eigenvalue weighted by Crippen LogP contribution is -2.49. The minimum atomic E-state index is -1.19. The number of aliphatic hydroxyl groups excluding tert-OH is 1. The summed E-state index contributed by atoms with van der Waals surface area (Å²) in [6, 6.07) is 9.01. The number of rotatable bonds is 37. The number of ether oxygens (including phenoxy) is 4. The number of phenols is 1. The van der Waals surface area contributed by atoms with Crippen molar-refractivity contribution < 1.29 is 96.6 Å². The van der Waals surface area contributed by atoms with Crippen LogP contribution in [-0.4, -0.2) is 266 Å². The van der Waals surface area contributed by atoms with Gasteiger partial charge in [-0.1, -0.05) is 46.8 Å². The zero-order valence-electron chi connectivity index (χ0n) is 58.8. The second kappa shape index (κ2) is 55.5. The van der Waals surface area contributed by atoms with Gasteiger partial charge in [0.2, 0.25) is 47.3 Å². The van der Waals surface area contributed by atoms with Gasteiger partial charge in [0.25, 0.3) is 6.47 Å². The summed E-state index contributed by atoms with van der Waals surface area (Å²) in [5.74, 6) is -1.54. The Bertz CT molecular complexity index is 2840. The number of benzene rings is 2. The highest BCUT2D eigenvalue weighted by molar-refractivity contribution is 8.00. The monoisotopic (exact) mass is 1460 g/mol. The first-order chi connectivity index (χ1) is 47.5. The van der Waals surface area contributed by atoms with E-state index < -0.39 is 53.4 Å². The minimum Gasteiger partial charge on any atom is -0.504 e. The summed E-state index contributed by atoms with van der Waals surface area (Å²) in [6.07, 6.45) is -4.85. The number of methoxy groups -OCH3 is 2. The van der Waals surface area contributed by atoms with Gasteiger partial charge in [-0.3, -0.25) is 69.7 Å². The van der Waals surface area contributed by atoms with Gasteiger partial charge in [0.15, 0.2) is 23.0 Å². The zero-order chi connectivity index (χ0) is 76.3. The molecular formula is C62H106N16O20S2. The van der Waals surface area contributed by atoms with Gasteiger partial charge in [0, 0.05) is 116 Å². The normalized spacial score (nSPS) is 14.2. The van der Waals surface area contributed by atoms with E-state index in [1.165, 1.54) is 102 Å². The quantitative estimate of drug-likeness (QED) is 0.0158. The van der Waals surface area contributed by atoms with Gasteiger partial charge < -0.3 is 92.8 Å². The van der Waals surface area contributed by atoms with E-state index in [0.717, 1.165) is 36.0 Å². The number of aromatic hydroxyl groups is 1. The van der Waals surface area contributed by atoms with Crippen molar-refractivity contribution in [2.45, 2.75) is 115 Å². The molecule has 10 amide bonds. The van der Waals surface area contributed by atoms with Crippen LogP contribution in [0, 0.1) is 0 Å². The molecule has 0 radical (unpaired) electrons. The average Bonchev–Trinajstić information content (AvgIpc) is 1.52. The van der Waals surface area contributed by atoms with Crippen LogP contribution in [0.1, 0.15) is 103 Å². The summed E-state index contributed by atoms with van der Waals surface area (Å²) in [5.41, 5.74) is 25.8. The molecule has 566 valence electrons. The van der Waals surface area contributed by atoms with Gasteiger partial charge in [-0.15, -0.1) is 23.5 Å². The maximum absolute atomic E-state index is 13.0. The third-order valence-electron chi connectivity index (χ3n) is 14.2. The third-order valence-corrected chi connectivity index (χ3v) is 16.6. The molecule has 4 atom stereocenters. The Kier molecular flexibility index (Phi) is 52.0. The van der Waals surface area contributed by atoms with E-state index in [9.17, 15) is 58.2 Å². The molecule has 100 heavy (non-hydrogen) atoms. The van der Waals surface area contributed by atoms with E-state index in [1.807, 2.05) is 6.92 Å². The van der Waals surface area contributed by atoms with Crippen molar-refractivity contribution in [3.8, 4) is 23.0 Å². The Balaban J connectivity index is 0. The summed E-state index contributed by atoms with van der Waals surface area (Å²) >= 11 is 2.40. The summed E-state index contributed by atoms with van der Waals surface area (Å²) in [4.78, 5) is 155. The summed E-state index contributed by atoms with van der Waals surface area (Å²) in [7, 11) is 5.75. The molecule has 2 fully saturated rings. The van der Waals surface area contributed by atoms with Gasteiger partial charge in [-0.2, -0.15) is 9.59 Å². The van der Waals surface area contributed by atoms with Gasteiger partial charge in [-0.05, 0) is 75.0 Å². The van der Waals surface area contributed by atoms with Crippen molar-refractivity contribution in [3.05, 3.63) is 47.5 Å². The smallest absolute Gasteiger partial charge is 0.415 e. The van der Waals surface area contributed by atoms with Gasteiger partial charge in [0.05, 0.1) is 37.4 Å². The molecular weight excluding hydrogens is 1350 g/mol. The van der Waals surface area contributed by atoms with Gasteiger partial charge in [-0.25, -0.2) is 9.59 Å². The molecule has 2 aliphatic heterocycles. The Hall–Kier alpha value is -8.27. The molecule has 19 N–H and O–H groups in total. The van der Waals surface area contributed by atoms with Gasteiger partial charge >= 0.3 is 18.3 Å². The second-order valence-corrected chi connectivity index (χ2v) is 23.5. The number of hydrogen-bond donors (Lipinski definition) is 14. The summed E-state index contributed by atoms with van der Waals surface area (Å²) < 4.78 is 21.6. The van der Waals surface area contributed by atoms with E-state index in [-0.39, 0.29) is 147 Å². The first kappa shape index (κ1) is 93.8. The van der Waals surface area contributed by atoms with E-state index in [4.69, 9.17) is 49.9 Å². The SMILES string of the molecule is CCN(CC)CCN(CC)C(=O)Oc1ccc(C(CNC(=O)CCSC2CC(=O)N(CCC(=O)NC)C2=O)OC(=O)NC(N)N)cc1OC.CCNCCN(CC)CC.CNC(=O)CCN1C(=O)CC(SCCC(=O)NCC(O)c2ccc(O)c(OC)c2)C1=O.NC(N)N.O=C=O.O=CO. The minimum absolute atomic E-state index is 0.00123. The fourth-order valence-electron chi connectivity index (χ4n) is 8.70. The summed E-state index contributed by atoms with van der Waals surface area (Å²) in [6.45, 7) is 21.2. The van der Waals surface area contributed by atoms with Crippen LogP contribution >= 0.6 is 23.5 Å².